The Labute approximate surface area is 100 Å². The predicted octanol–water partition coefficient (Wildman–Crippen LogP) is 1.15. The summed E-state index contributed by atoms with van der Waals surface area (Å²) in [6.07, 6.45) is 2.48. The minimum absolute atomic E-state index is 0.0592. The Morgan fingerprint density at radius 2 is 2.31 bits per heavy atom. The van der Waals surface area contributed by atoms with Crippen molar-refractivity contribution in [2.75, 3.05) is 11.5 Å². The highest BCUT2D eigenvalue weighted by Crippen LogP contribution is 2.24. The van der Waals surface area contributed by atoms with Crippen LogP contribution in [0.5, 0.6) is 0 Å². The SMILES string of the molecule is CC(C)(NC1CCS(=O)(=O)C1)c1nccs1. The molecule has 0 aliphatic carbocycles. The Morgan fingerprint density at radius 1 is 1.56 bits per heavy atom. The molecule has 0 radical (unpaired) electrons. The van der Waals surface area contributed by atoms with Gasteiger partial charge in [0.25, 0.3) is 0 Å². The molecule has 1 N–H and O–H groups in total. The quantitative estimate of drug-likeness (QED) is 0.886. The van der Waals surface area contributed by atoms with Crippen LogP contribution < -0.4 is 5.32 Å². The van der Waals surface area contributed by atoms with Crippen LogP contribution in [-0.2, 0) is 15.4 Å². The fraction of sp³-hybridized carbons (Fsp3) is 0.700. The van der Waals surface area contributed by atoms with Gasteiger partial charge in [-0.25, -0.2) is 13.4 Å². The number of thiazole rings is 1. The first-order chi connectivity index (χ1) is 7.39. The molecule has 0 bridgehead atoms. The van der Waals surface area contributed by atoms with Crippen molar-refractivity contribution < 1.29 is 8.42 Å². The van der Waals surface area contributed by atoms with Crippen molar-refractivity contribution in [2.24, 2.45) is 0 Å². The van der Waals surface area contributed by atoms with Crippen molar-refractivity contribution in [3.63, 3.8) is 0 Å². The van der Waals surface area contributed by atoms with E-state index in [2.05, 4.69) is 10.3 Å². The smallest absolute Gasteiger partial charge is 0.151 e. The standard InChI is InChI=1S/C10H16N2O2S2/c1-10(2,9-11-4-5-15-9)12-8-3-6-16(13,14)7-8/h4-5,8,12H,3,6-7H2,1-2H3. The summed E-state index contributed by atoms with van der Waals surface area (Å²) >= 11 is 1.59. The maximum atomic E-state index is 11.4. The molecule has 1 aliphatic heterocycles. The van der Waals surface area contributed by atoms with Crippen LogP contribution in [0.4, 0.5) is 0 Å². The van der Waals surface area contributed by atoms with Crippen molar-refractivity contribution >= 4 is 21.2 Å². The topological polar surface area (TPSA) is 59.1 Å². The van der Waals surface area contributed by atoms with E-state index in [0.29, 0.717) is 12.2 Å². The van der Waals surface area contributed by atoms with Crippen LogP contribution in [0.2, 0.25) is 0 Å². The second-order valence-electron chi connectivity index (χ2n) is 4.71. The Bertz CT molecular complexity index is 451. The van der Waals surface area contributed by atoms with E-state index < -0.39 is 9.84 Å². The molecule has 0 amide bonds. The molecule has 1 unspecified atom stereocenters. The number of aromatic nitrogens is 1. The van der Waals surface area contributed by atoms with Gasteiger partial charge in [0, 0.05) is 17.6 Å². The zero-order valence-electron chi connectivity index (χ0n) is 9.43. The third-order valence-corrected chi connectivity index (χ3v) is 5.63. The Morgan fingerprint density at radius 3 is 2.81 bits per heavy atom. The van der Waals surface area contributed by atoms with E-state index in [9.17, 15) is 8.42 Å². The average molecular weight is 260 g/mol. The van der Waals surface area contributed by atoms with Crippen LogP contribution in [0.3, 0.4) is 0 Å². The van der Waals surface area contributed by atoms with Gasteiger partial charge in [0.2, 0.25) is 0 Å². The molecule has 90 valence electrons. The van der Waals surface area contributed by atoms with Crippen LogP contribution in [0, 0.1) is 0 Å². The first-order valence-electron chi connectivity index (χ1n) is 5.27. The van der Waals surface area contributed by atoms with Gasteiger partial charge >= 0.3 is 0 Å². The van der Waals surface area contributed by atoms with Crippen LogP contribution in [0.1, 0.15) is 25.3 Å². The molecule has 1 aliphatic rings. The number of nitrogens with one attached hydrogen (secondary N) is 1. The average Bonchev–Trinajstić information content (AvgIpc) is 2.74. The molecule has 0 aromatic carbocycles. The summed E-state index contributed by atoms with van der Waals surface area (Å²) < 4.78 is 22.7. The Kier molecular flexibility index (Phi) is 3.07. The number of rotatable bonds is 3. The highest BCUT2D eigenvalue weighted by atomic mass is 32.2. The van der Waals surface area contributed by atoms with E-state index in [1.807, 2.05) is 19.2 Å². The maximum Gasteiger partial charge on any atom is 0.151 e. The molecule has 1 fully saturated rings. The summed E-state index contributed by atoms with van der Waals surface area (Å²) in [4.78, 5) is 4.27. The third-order valence-electron chi connectivity index (χ3n) is 2.76. The lowest BCUT2D eigenvalue weighted by Gasteiger charge is -2.27. The van der Waals surface area contributed by atoms with Crippen LogP contribution in [0.15, 0.2) is 11.6 Å². The van der Waals surface area contributed by atoms with Crippen molar-refractivity contribution in [1.29, 1.82) is 0 Å². The fourth-order valence-electron chi connectivity index (χ4n) is 2.01. The minimum Gasteiger partial charge on any atom is -0.302 e. The Hall–Kier alpha value is -0.460. The largest absolute Gasteiger partial charge is 0.302 e. The second-order valence-corrected chi connectivity index (χ2v) is 7.83. The summed E-state index contributed by atoms with van der Waals surface area (Å²) in [7, 11) is -2.82. The van der Waals surface area contributed by atoms with Gasteiger partial charge in [0.1, 0.15) is 5.01 Å². The number of sulfone groups is 1. The van der Waals surface area contributed by atoms with Gasteiger partial charge in [-0.05, 0) is 20.3 Å². The van der Waals surface area contributed by atoms with Crippen molar-refractivity contribution in [3.8, 4) is 0 Å². The first kappa shape index (κ1) is 12.0. The van der Waals surface area contributed by atoms with Crippen molar-refractivity contribution in [2.45, 2.75) is 31.8 Å². The normalized spacial score (nSPS) is 24.8. The van der Waals surface area contributed by atoms with Gasteiger partial charge in [-0.3, -0.25) is 0 Å². The first-order valence-corrected chi connectivity index (χ1v) is 7.97. The van der Waals surface area contributed by atoms with Gasteiger partial charge in [-0.15, -0.1) is 11.3 Å². The molecule has 0 spiro atoms. The minimum atomic E-state index is -2.82. The third kappa shape index (κ3) is 2.61. The van der Waals surface area contributed by atoms with Crippen molar-refractivity contribution in [1.82, 2.24) is 10.3 Å². The summed E-state index contributed by atoms with van der Waals surface area (Å²) in [5, 5.41) is 6.31. The van der Waals surface area contributed by atoms with Gasteiger partial charge in [0.15, 0.2) is 9.84 Å². The second kappa shape index (κ2) is 4.09. The number of nitrogens with zero attached hydrogens (tertiary/aromatic N) is 1. The van der Waals surface area contributed by atoms with Crippen LogP contribution >= 0.6 is 11.3 Å². The van der Waals surface area contributed by atoms with E-state index in [0.717, 1.165) is 5.01 Å². The zero-order valence-corrected chi connectivity index (χ0v) is 11.1. The number of hydrogen-bond donors (Lipinski definition) is 1. The highest BCUT2D eigenvalue weighted by Gasteiger charge is 2.33. The molecule has 0 saturated carbocycles. The molecule has 4 nitrogen and oxygen atoms in total. The van der Waals surface area contributed by atoms with E-state index in [-0.39, 0.29) is 17.3 Å². The summed E-state index contributed by atoms with van der Waals surface area (Å²) in [6, 6.07) is 0.0592. The lowest BCUT2D eigenvalue weighted by atomic mass is 10.0. The number of hydrogen-bond acceptors (Lipinski definition) is 5. The molecule has 6 heteroatoms. The molecular formula is C10H16N2O2S2. The molecular weight excluding hydrogens is 244 g/mol. The molecule has 1 saturated heterocycles. The summed E-state index contributed by atoms with van der Waals surface area (Å²) in [6.45, 7) is 4.08. The van der Waals surface area contributed by atoms with Crippen molar-refractivity contribution in [3.05, 3.63) is 16.6 Å². The van der Waals surface area contributed by atoms with Gasteiger partial charge in [-0.1, -0.05) is 0 Å². The zero-order chi connectivity index (χ0) is 11.8. The highest BCUT2D eigenvalue weighted by molar-refractivity contribution is 7.91. The van der Waals surface area contributed by atoms with Crippen LogP contribution in [-0.4, -0.2) is 30.9 Å². The van der Waals surface area contributed by atoms with Crippen LogP contribution in [0.25, 0.3) is 0 Å². The molecule has 1 aromatic rings. The maximum absolute atomic E-state index is 11.4. The van der Waals surface area contributed by atoms with E-state index >= 15 is 0 Å². The summed E-state index contributed by atoms with van der Waals surface area (Å²) in [5.74, 6) is 0.556. The van der Waals surface area contributed by atoms with E-state index in [4.69, 9.17) is 0 Å². The lowest BCUT2D eigenvalue weighted by Crippen LogP contribution is -2.44. The monoisotopic (exact) mass is 260 g/mol. The molecule has 2 rings (SSSR count). The molecule has 16 heavy (non-hydrogen) atoms. The molecule has 1 atom stereocenters. The van der Waals surface area contributed by atoms with Gasteiger partial charge in [0.05, 0.1) is 17.0 Å². The van der Waals surface area contributed by atoms with Gasteiger partial charge in [-0.2, -0.15) is 0 Å². The fourth-order valence-corrected chi connectivity index (χ4v) is 4.41. The molecule has 2 heterocycles. The summed E-state index contributed by atoms with van der Waals surface area (Å²) in [5.41, 5.74) is -0.251. The van der Waals surface area contributed by atoms with E-state index in [1.54, 1.807) is 17.5 Å². The van der Waals surface area contributed by atoms with Gasteiger partial charge < -0.3 is 5.32 Å². The lowest BCUT2D eigenvalue weighted by molar-refractivity contribution is 0.354. The molecule has 1 aromatic heterocycles. The predicted molar refractivity (Wildman–Crippen MR) is 65.3 cm³/mol. The Balaban J connectivity index is 2.05. The van der Waals surface area contributed by atoms with E-state index in [1.165, 1.54) is 0 Å².